The molecule has 100 valence electrons. The van der Waals surface area contributed by atoms with E-state index in [1.807, 2.05) is 0 Å². The van der Waals surface area contributed by atoms with Crippen molar-refractivity contribution in [3.63, 3.8) is 0 Å². The first-order valence-electron chi connectivity index (χ1n) is 5.90. The molecule has 1 aliphatic carbocycles. The second kappa shape index (κ2) is 5.19. The third-order valence-corrected chi connectivity index (χ3v) is 4.50. The molecule has 2 unspecified atom stereocenters. The quantitative estimate of drug-likeness (QED) is 0.488. The van der Waals surface area contributed by atoms with Crippen LogP contribution in [0.1, 0.15) is 42.7 Å². The number of alkyl halides is 4. The van der Waals surface area contributed by atoms with Gasteiger partial charge in [-0.05, 0) is 36.5 Å². The zero-order valence-electron chi connectivity index (χ0n) is 9.61. The molecule has 0 saturated heterocycles. The highest BCUT2D eigenvalue weighted by Crippen LogP contribution is 2.40. The van der Waals surface area contributed by atoms with Gasteiger partial charge in [0.2, 0.25) is 0 Å². The highest BCUT2D eigenvalue weighted by atomic mass is 79.9. The summed E-state index contributed by atoms with van der Waals surface area (Å²) in [7, 11) is 0. The minimum Gasteiger partial charge on any atom is -0.206 e. The lowest BCUT2D eigenvalue weighted by molar-refractivity contribution is -0.140. The molecule has 1 aliphatic rings. The third kappa shape index (κ3) is 2.87. The van der Waals surface area contributed by atoms with Crippen molar-refractivity contribution in [2.24, 2.45) is 0 Å². The van der Waals surface area contributed by atoms with Crippen molar-refractivity contribution in [1.29, 1.82) is 0 Å². The average molecular weight is 325 g/mol. The molecule has 2 rings (SSSR count). The molecule has 1 saturated carbocycles. The first kappa shape index (κ1) is 13.8. The standard InChI is InChI=1S/C13H13BrF4/c14-11-4-2-1-3-9(11)8-5-6-12(15)10(7-8)13(16,17)18/h5-7,9,11H,1-4H2. The molecule has 0 nitrogen and oxygen atoms in total. The number of benzene rings is 1. The molecule has 1 fully saturated rings. The Labute approximate surface area is 112 Å². The topological polar surface area (TPSA) is 0 Å². The Kier molecular flexibility index (Phi) is 3.99. The third-order valence-electron chi connectivity index (χ3n) is 3.41. The van der Waals surface area contributed by atoms with Crippen molar-refractivity contribution >= 4 is 15.9 Å². The van der Waals surface area contributed by atoms with E-state index >= 15 is 0 Å². The van der Waals surface area contributed by atoms with Crippen LogP contribution in [-0.4, -0.2) is 4.83 Å². The monoisotopic (exact) mass is 324 g/mol. The van der Waals surface area contributed by atoms with E-state index in [4.69, 9.17) is 0 Å². The molecule has 0 heterocycles. The van der Waals surface area contributed by atoms with E-state index < -0.39 is 17.6 Å². The molecule has 1 aromatic carbocycles. The molecule has 0 aromatic heterocycles. The SMILES string of the molecule is Fc1ccc(C2CCCCC2Br)cc1C(F)(F)F. The smallest absolute Gasteiger partial charge is 0.206 e. The molecule has 5 heteroatoms. The van der Waals surface area contributed by atoms with Gasteiger partial charge in [0.25, 0.3) is 0 Å². The Hall–Kier alpha value is -0.580. The average Bonchev–Trinajstić information content (AvgIpc) is 2.29. The fourth-order valence-electron chi connectivity index (χ4n) is 2.45. The van der Waals surface area contributed by atoms with Crippen molar-refractivity contribution in [2.75, 3.05) is 0 Å². The van der Waals surface area contributed by atoms with Gasteiger partial charge in [-0.3, -0.25) is 0 Å². The molecule has 0 aliphatic heterocycles. The van der Waals surface area contributed by atoms with Gasteiger partial charge in [0.05, 0.1) is 5.56 Å². The van der Waals surface area contributed by atoms with Gasteiger partial charge >= 0.3 is 6.18 Å². The lowest BCUT2D eigenvalue weighted by atomic mass is 9.83. The minimum atomic E-state index is -4.63. The predicted molar refractivity (Wildman–Crippen MR) is 65.3 cm³/mol. The molecule has 18 heavy (non-hydrogen) atoms. The van der Waals surface area contributed by atoms with Crippen LogP contribution in [0.15, 0.2) is 18.2 Å². The van der Waals surface area contributed by atoms with E-state index in [-0.39, 0.29) is 10.7 Å². The van der Waals surface area contributed by atoms with E-state index in [1.54, 1.807) is 0 Å². The predicted octanol–water partition coefficient (Wildman–Crippen LogP) is 5.27. The molecule has 2 atom stereocenters. The second-order valence-corrected chi connectivity index (χ2v) is 5.82. The summed E-state index contributed by atoms with van der Waals surface area (Å²) in [6.45, 7) is 0. The summed E-state index contributed by atoms with van der Waals surface area (Å²) < 4.78 is 51.1. The van der Waals surface area contributed by atoms with Crippen LogP contribution in [0.5, 0.6) is 0 Å². The van der Waals surface area contributed by atoms with E-state index in [2.05, 4.69) is 15.9 Å². The first-order chi connectivity index (χ1) is 8.39. The number of hydrogen-bond acceptors (Lipinski definition) is 0. The van der Waals surface area contributed by atoms with Crippen molar-refractivity contribution in [3.8, 4) is 0 Å². The van der Waals surface area contributed by atoms with Crippen LogP contribution in [0.2, 0.25) is 0 Å². The van der Waals surface area contributed by atoms with Crippen LogP contribution < -0.4 is 0 Å². The minimum absolute atomic E-state index is 0.0421. The maximum absolute atomic E-state index is 13.2. The zero-order valence-corrected chi connectivity index (χ0v) is 11.2. The summed E-state index contributed by atoms with van der Waals surface area (Å²) >= 11 is 3.51. The van der Waals surface area contributed by atoms with Gasteiger partial charge in [0.15, 0.2) is 0 Å². The lowest BCUT2D eigenvalue weighted by Gasteiger charge is -2.28. The van der Waals surface area contributed by atoms with Crippen molar-refractivity contribution in [1.82, 2.24) is 0 Å². The van der Waals surface area contributed by atoms with E-state index in [0.717, 1.165) is 37.8 Å². The van der Waals surface area contributed by atoms with Gasteiger partial charge in [-0.2, -0.15) is 13.2 Å². The Morgan fingerprint density at radius 1 is 1.11 bits per heavy atom. The van der Waals surface area contributed by atoms with Crippen molar-refractivity contribution < 1.29 is 17.6 Å². The first-order valence-corrected chi connectivity index (χ1v) is 6.82. The fourth-order valence-corrected chi connectivity index (χ4v) is 3.35. The van der Waals surface area contributed by atoms with Gasteiger partial charge in [0.1, 0.15) is 5.82 Å². The normalized spacial score (nSPS) is 25.2. The Morgan fingerprint density at radius 3 is 2.39 bits per heavy atom. The van der Waals surface area contributed by atoms with E-state index in [1.165, 1.54) is 6.07 Å². The fraction of sp³-hybridized carbons (Fsp3) is 0.538. The summed E-state index contributed by atoms with van der Waals surface area (Å²) in [4.78, 5) is 0.179. The summed E-state index contributed by atoms with van der Waals surface area (Å²) in [5, 5.41) is 0. The van der Waals surface area contributed by atoms with Crippen LogP contribution >= 0.6 is 15.9 Å². The molecule has 1 aromatic rings. The van der Waals surface area contributed by atoms with Gasteiger partial charge in [-0.1, -0.05) is 34.8 Å². The van der Waals surface area contributed by atoms with Gasteiger partial charge < -0.3 is 0 Å². The molecular formula is C13H13BrF4. The van der Waals surface area contributed by atoms with Gasteiger partial charge in [-0.25, -0.2) is 4.39 Å². The van der Waals surface area contributed by atoms with Crippen LogP contribution in [0, 0.1) is 5.82 Å². The van der Waals surface area contributed by atoms with E-state index in [0.29, 0.717) is 5.56 Å². The van der Waals surface area contributed by atoms with Gasteiger partial charge in [0, 0.05) is 4.83 Å². The van der Waals surface area contributed by atoms with Crippen LogP contribution in [0.3, 0.4) is 0 Å². The number of rotatable bonds is 1. The maximum atomic E-state index is 13.2. The maximum Gasteiger partial charge on any atom is 0.419 e. The molecular weight excluding hydrogens is 312 g/mol. The zero-order chi connectivity index (χ0) is 13.3. The molecule has 0 bridgehead atoms. The Balaban J connectivity index is 2.34. The molecule has 0 radical (unpaired) electrons. The van der Waals surface area contributed by atoms with Gasteiger partial charge in [-0.15, -0.1) is 0 Å². The number of hydrogen-bond donors (Lipinski definition) is 0. The molecule has 0 spiro atoms. The van der Waals surface area contributed by atoms with E-state index in [9.17, 15) is 17.6 Å². The molecule has 0 amide bonds. The van der Waals surface area contributed by atoms with Crippen LogP contribution in [-0.2, 0) is 6.18 Å². The van der Waals surface area contributed by atoms with Crippen LogP contribution in [0.4, 0.5) is 17.6 Å². The summed E-state index contributed by atoms with van der Waals surface area (Å²) in [6, 6.07) is 3.35. The largest absolute Gasteiger partial charge is 0.419 e. The van der Waals surface area contributed by atoms with Crippen LogP contribution in [0.25, 0.3) is 0 Å². The highest BCUT2D eigenvalue weighted by Gasteiger charge is 2.35. The van der Waals surface area contributed by atoms with Crippen molar-refractivity contribution in [2.45, 2.75) is 42.6 Å². The van der Waals surface area contributed by atoms with Crippen molar-refractivity contribution in [3.05, 3.63) is 35.1 Å². The number of halogens is 5. The second-order valence-electron chi connectivity index (χ2n) is 4.64. The lowest BCUT2D eigenvalue weighted by Crippen LogP contribution is -2.18. The molecule has 0 N–H and O–H groups in total. The Bertz CT molecular complexity index is 427. The summed E-state index contributed by atoms with van der Waals surface area (Å²) in [5.41, 5.74) is -0.587. The Morgan fingerprint density at radius 2 is 1.78 bits per heavy atom. The summed E-state index contributed by atoms with van der Waals surface area (Å²) in [5.74, 6) is -1.16. The summed E-state index contributed by atoms with van der Waals surface area (Å²) in [6.07, 6.45) is -0.746. The highest BCUT2D eigenvalue weighted by molar-refractivity contribution is 9.09.